The maximum atomic E-state index is 5.23. The van der Waals surface area contributed by atoms with Crippen molar-refractivity contribution in [2.45, 2.75) is 32.2 Å². The molecule has 2 rings (SSSR count). The fourth-order valence-corrected chi connectivity index (χ4v) is 1.71. The molecule has 5 heteroatoms. The van der Waals surface area contributed by atoms with Gasteiger partial charge in [-0.05, 0) is 26.3 Å². The van der Waals surface area contributed by atoms with E-state index < -0.39 is 0 Å². The summed E-state index contributed by atoms with van der Waals surface area (Å²) in [6, 6.07) is 0.262. The molecular weight excluding hydrogens is 194 g/mol. The highest BCUT2D eigenvalue weighted by Crippen LogP contribution is 2.20. The number of ether oxygens (including phenoxy) is 1. The summed E-state index contributed by atoms with van der Waals surface area (Å²) in [6.07, 6.45) is 3.00. The Morgan fingerprint density at radius 2 is 2.53 bits per heavy atom. The van der Waals surface area contributed by atoms with Gasteiger partial charge in [0.05, 0.1) is 12.6 Å². The zero-order chi connectivity index (χ0) is 10.5. The number of hydrogen-bond donors (Lipinski definition) is 1. The van der Waals surface area contributed by atoms with Gasteiger partial charge in [0, 0.05) is 13.0 Å². The first kappa shape index (κ1) is 10.6. The maximum Gasteiger partial charge on any atom is 0.243 e. The summed E-state index contributed by atoms with van der Waals surface area (Å²) in [5.74, 6) is 1.46. The first-order valence-electron chi connectivity index (χ1n) is 5.53. The van der Waals surface area contributed by atoms with Crippen molar-refractivity contribution in [2.24, 2.45) is 0 Å². The van der Waals surface area contributed by atoms with Gasteiger partial charge in [0.15, 0.2) is 5.82 Å². The van der Waals surface area contributed by atoms with Crippen molar-refractivity contribution in [1.29, 1.82) is 0 Å². The van der Waals surface area contributed by atoms with Crippen LogP contribution in [0.2, 0.25) is 0 Å². The third kappa shape index (κ3) is 2.76. The van der Waals surface area contributed by atoms with Gasteiger partial charge in [-0.3, -0.25) is 0 Å². The third-order valence-electron chi connectivity index (χ3n) is 2.52. The van der Waals surface area contributed by atoms with Crippen LogP contribution in [0.1, 0.15) is 37.5 Å². The summed E-state index contributed by atoms with van der Waals surface area (Å²) in [4.78, 5) is 4.34. The molecule has 1 aromatic rings. The van der Waals surface area contributed by atoms with Gasteiger partial charge in [-0.15, -0.1) is 0 Å². The molecule has 84 valence electrons. The van der Waals surface area contributed by atoms with Gasteiger partial charge in [0.2, 0.25) is 5.89 Å². The normalized spacial score (nSPS) is 21.0. The minimum absolute atomic E-state index is 0.262. The Morgan fingerprint density at radius 3 is 3.27 bits per heavy atom. The van der Waals surface area contributed by atoms with Gasteiger partial charge in [0.25, 0.3) is 0 Å². The van der Waals surface area contributed by atoms with Crippen molar-refractivity contribution in [3.05, 3.63) is 11.7 Å². The van der Waals surface area contributed by atoms with Crippen molar-refractivity contribution in [2.75, 3.05) is 19.8 Å². The standard InChI is InChI=1S/C10H17N3O2/c1-2-14-7-5-9-12-10(15-13-9)8-4-3-6-11-8/h8,11H,2-7H2,1H3/t8-/m0/s1. The quantitative estimate of drug-likeness (QED) is 0.738. The van der Waals surface area contributed by atoms with Crippen molar-refractivity contribution >= 4 is 0 Å². The van der Waals surface area contributed by atoms with Crippen molar-refractivity contribution in [3.63, 3.8) is 0 Å². The Kier molecular flexibility index (Phi) is 3.69. The Balaban J connectivity index is 1.86. The summed E-state index contributed by atoms with van der Waals surface area (Å²) < 4.78 is 10.4. The van der Waals surface area contributed by atoms with Crippen LogP contribution < -0.4 is 5.32 Å². The van der Waals surface area contributed by atoms with Crippen LogP contribution in [0.25, 0.3) is 0 Å². The highest BCUT2D eigenvalue weighted by atomic mass is 16.5. The van der Waals surface area contributed by atoms with Gasteiger partial charge >= 0.3 is 0 Å². The van der Waals surface area contributed by atoms with Crippen LogP contribution in [-0.4, -0.2) is 29.9 Å². The Labute approximate surface area is 89.2 Å². The minimum Gasteiger partial charge on any atom is -0.381 e. The molecule has 5 nitrogen and oxygen atoms in total. The molecule has 2 heterocycles. The molecule has 1 aliphatic heterocycles. The van der Waals surface area contributed by atoms with Gasteiger partial charge < -0.3 is 14.6 Å². The smallest absolute Gasteiger partial charge is 0.243 e. The van der Waals surface area contributed by atoms with Crippen molar-refractivity contribution in [1.82, 2.24) is 15.5 Å². The van der Waals surface area contributed by atoms with E-state index in [1.165, 1.54) is 6.42 Å². The van der Waals surface area contributed by atoms with E-state index in [4.69, 9.17) is 9.26 Å². The molecule has 0 aliphatic carbocycles. The van der Waals surface area contributed by atoms with Gasteiger partial charge in [-0.25, -0.2) is 0 Å². The van der Waals surface area contributed by atoms with E-state index in [2.05, 4.69) is 15.5 Å². The molecule has 0 saturated carbocycles. The van der Waals surface area contributed by atoms with Crippen LogP contribution in [0.15, 0.2) is 4.52 Å². The third-order valence-corrected chi connectivity index (χ3v) is 2.52. The molecule has 0 bridgehead atoms. The lowest BCUT2D eigenvalue weighted by atomic mass is 10.2. The van der Waals surface area contributed by atoms with Crippen LogP contribution in [0.5, 0.6) is 0 Å². The number of nitrogens with zero attached hydrogens (tertiary/aromatic N) is 2. The second-order valence-corrected chi connectivity index (χ2v) is 3.64. The summed E-state index contributed by atoms with van der Waals surface area (Å²) in [7, 11) is 0. The molecule has 0 unspecified atom stereocenters. The topological polar surface area (TPSA) is 60.2 Å². The van der Waals surface area contributed by atoms with E-state index in [1.54, 1.807) is 0 Å². The molecule has 0 amide bonds. The number of hydrogen-bond acceptors (Lipinski definition) is 5. The fourth-order valence-electron chi connectivity index (χ4n) is 1.71. The molecule has 0 spiro atoms. The lowest BCUT2D eigenvalue weighted by Gasteiger charge is -2.01. The Morgan fingerprint density at radius 1 is 1.60 bits per heavy atom. The molecule has 1 atom stereocenters. The molecule has 0 radical (unpaired) electrons. The first-order chi connectivity index (χ1) is 7.40. The van der Waals surface area contributed by atoms with E-state index in [-0.39, 0.29) is 6.04 Å². The zero-order valence-corrected chi connectivity index (χ0v) is 9.03. The van der Waals surface area contributed by atoms with Crippen molar-refractivity contribution in [3.8, 4) is 0 Å². The lowest BCUT2D eigenvalue weighted by molar-refractivity contribution is 0.149. The van der Waals surface area contributed by atoms with Crippen LogP contribution in [0.4, 0.5) is 0 Å². The highest BCUT2D eigenvalue weighted by molar-refractivity contribution is 4.95. The van der Waals surface area contributed by atoms with Crippen LogP contribution in [-0.2, 0) is 11.2 Å². The molecular formula is C10H17N3O2. The molecule has 1 saturated heterocycles. The number of nitrogens with one attached hydrogen (secondary N) is 1. The average molecular weight is 211 g/mol. The van der Waals surface area contributed by atoms with E-state index >= 15 is 0 Å². The van der Waals surface area contributed by atoms with Gasteiger partial charge in [-0.1, -0.05) is 5.16 Å². The predicted octanol–water partition coefficient (Wildman–Crippen LogP) is 1.07. The number of rotatable bonds is 5. The number of aromatic nitrogens is 2. The zero-order valence-electron chi connectivity index (χ0n) is 9.03. The molecule has 0 aromatic carbocycles. The van der Waals surface area contributed by atoms with Crippen LogP contribution in [0, 0.1) is 0 Å². The molecule has 1 aliphatic rings. The molecule has 1 fully saturated rings. The Bertz CT molecular complexity index is 295. The largest absolute Gasteiger partial charge is 0.381 e. The molecule has 1 aromatic heterocycles. The predicted molar refractivity (Wildman–Crippen MR) is 54.5 cm³/mol. The van der Waals surface area contributed by atoms with E-state index in [0.717, 1.165) is 37.7 Å². The van der Waals surface area contributed by atoms with Crippen molar-refractivity contribution < 1.29 is 9.26 Å². The van der Waals surface area contributed by atoms with E-state index in [0.29, 0.717) is 6.61 Å². The summed E-state index contributed by atoms with van der Waals surface area (Å²) >= 11 is 0. The monoisotopic (exact) mass is 211 g/mol. The van der Waals surface area contributed by atoms with Gasteiger partial charge in [-0.2, -0.15) is 4.98 Å². The lowest BCUT2D eigenvalue weighted by Crippen LogP contribution is -2.13. The summed E-state index contributed by atoms with van der Waals surface area (Å²) in [5.41, 5.74) is 0. The SMILES string of the molecule is CCOCCc1noc([C@@H]2CCCN2)n1. The summed E-state index contributed by atoms with van der Waals surface area (Å²) in [6.45, 7) is 4.41. The average Bonchev–Trinajstić information content (AvgIpc) is 2.87. The van der Waals surface area contributed by atoms with Crippen LogP contribution in [0.3, 0.4) is 0 Å². The fraction of sp³-hybridized carbons (Fsp3) is 0.800. The summed E-state index contributed by atoms with van der Waals surface area (Å²) in [5, 5.41) is 7.25. The molecule has 1 N–H and O–H groups in total. The minimum atomic E-state index is 0.262. The maximum absolute atomic E-state index is 5.23. The highest BCUT2D eigenvalue weighted by Gasteiger charge is 2.21. The Hall–Kier alpha value is -0.940. The second-order valence-electron chi connectivity index (χ2n) is 3.64. The first-order valence-corrected chi connectivity index (χ1v) is 5.53. The second kappa shape index (κ2) is 5.23. The van der Waals surface area contributed by atoms with E-state index in [1.807, 2.05) is 6.92 Å². The van der Waals surface area contributed by atoms with E-state index in [9.17, 15) is 0 Å². The van der Waals surface area contributed by atoms with Gasteiger partial charge in [0.1, 0.15) is 0 Å². The van der Waals surface area contributed by atoms with Crippen LogP contribution >= 0.6 is 0 Å². The molecule has 15 heavy (non-hydrogen) atoms.